The number of ketones is 1. The largest absolute Gasteiger partial charge is 0.462 e. The molecule has 4 nitrogen and oxygen atoms in total. The van der Waals surface area contributed by atoms with E-state index in [-0.39, 0.29) is 18.0 Å². The molecule has 0 unspecified atom stereocenters. The van der Waals surface area contributed by atoms with Gasteiger partial charge in [0.2, 0.25) is 0 Å². The molecule has 86 valence electrons. The molecule has 0 aromatic carbocycles. The molecule has 0 aromatic heterocycles. The van der Waals surface area contributed by atoms with Crippen molar-refractivity contribution in [2.24, 2.45) is 0 Å². The molecule has 0 fully saturated rings. The van der Waals surface area contributed by atoms with Crippen molar-refractivity contribution < 1.29 is 14.3 Å². The van der Waals surface area contributed by atoms with Gasteiger partial charge in [-0.05, 0) is 27.7 Å². The second-order valence-electron chi connectivity index (χ2n) is 3.04. The van der Waals surface area contributed by atoms with E-state index in [4.69, 9.17) is 4.74 Å². The van der Waals surface area contributed by atoms with E-state index in [0.29, 0.717) is 0 Å². The zero-order valence-electron chi connectivity index (χ0n) is 9.87. The number of hydrogen-bond donors (Lipinski definition) is 0. The van der Waals surface area contributed by atoms with E-state index in [9.17, 15) is 9.59 Å². The fraction of sp³-hybridized carbons (Fsp3) is 0.636. The Bertz CT molecular complexity index is 255. The molecule has 0 aliphatic rings. The third-order valence-electron chi connectivity index (χ3n) is 2.00. The predicted octanol–water partition coefficient (Wildman–Crippen LogP) is 1.36. The zero-order valence-corrected chi connectivity index (χ0v) is 9.87. The van der Waals surface area contributed by atoms with E-state index in [1.54, 1.807) is 13.1 Å². The highest BCUT2D eigenvalue weighted by Crippen LogP contribution is 2.03. The highest BCUT2D eigenvalue weighted by molar-refractivity contribution is 6.16. The summed E-state index contributed by atoms with van der Waals surface area (Å²) in [6, 6.07) is 0. The van der Waals surface area contributed by atoms with Crippen LogP contribution in [0.5, 0.6) is 0 Å². The summed E-state index contributed by atoms with van der Waals surface area (Å²) in [5, 5.41) is 0. The monoisotopic (exact) mass is 213 g/mol. The van der Waals surface area contributed by atoms with Gasteiger partial charge in [-0.1, -0.05) is 0 Å². The number of esters is 1. The molecule has 0 aromatic rings. The Balaban J connectivity index is 4.79. The van der Waals surface area contributed by atoms with Crippen molar-refractivity contribution in [1.29, 1.82) is 0 Å². The quantitative estimate of drug-likeness (QED) is 0.289. The Kier molecular flexibility index (Phi) is 6.42. The summed E-state index contributed by atoms with van der Waals surface area (Å²) in [6.07, 6.45) is 1.57. The molecule has 0 radical (unpaired) electrons. The standard InChI is InChI=1S/C11H19NO3/c1-5-12(6-2)8-10(9(4)13)11(14)15-7-3/h8H,5-7H2,1-4H3. The third-order valence-corrected chi connectivity index (χ3v) is 2.00. The van der Waals surface area contributed by atoms with E-state index < -0.39 is 5.97 Å². The first kappa shape index (κ1) is 13.7. The molecule has 0 saturated heterocycles. The molecule has 0 atom stereocenters. The SMILES string of the molecule is CCOC(=O)C(=CN(CC)CC)C(C)=O. The van der Waals surface area contributed by atoms with Crippen LogP contribution in [0.15, 0.2) is 11.8 Å². The molecule has 0 rings (SSSR count). The molecule has 0 saturated carbocycles. The molecule has 15 heavy (non-hydrogen) atoms. The van der Waals surface area contributed by atoms with E-state index in [2.05, 4.69) is 0 Å². The second kappa shape index (κ2) is 7.04. The average molecular weight is 213 g/mol. The van der Waals surface area contributed by atoms with Crippen molar-refractivity contribution in [3.63, 3.8) is 0 Å². The van der Waals surface area contributed by atoms with Crippen molar-refractivity contribution in [3.05, 3.63) is 11.8 Å². The van der Waals surface area contributed by atoms with Gasteiger partial charge in [0.1, 0.15) is 5.57 Å². The third kappa shape index (κ3) is 4.63. The minimum Gasteiger partial charge on any atom is -0.462 e. The summed E-state index contributed by atoms with van der Waals surface area (Å²) >= 11 is 0. The summed E-state index contributed by atoms with van der Waals surface area (Å²) < 4.78 is 4.80. The van der Waals surface area contributed by atoms with Crippen molar-refractivity contribution >= 4 is 11.8 Å². The lowest BCUT2D eigenvalue weighted by Gasteiger charge is -2.16. The Morgan fingerprint density at radius 1 is 1.20 bits per heavy atom. The Morgan fingerprint density at radius 2 is 1.73 bits per heavy atom. The van der Waals surface area contributed by atoms with Crippen LogP contribution in [0, 0.1) is 0 Å². The van der Waals surface area contributed by atoms with E-state index in [1.165, 1.54) is 6.92 Å². The van der Waals surface area contributed by atoms with E-state index >= 15 is 0 Å². The van der Waals surface area contributed by atoms with E-state index in [0.717, 1.165) is 13.1 Å². The molecular formula is C11H19NO3. The number of Topliss-reactive ketones (excluding diaryl/α,β-unsaturated/α-hetero) is 1. The van der Waals surface area contributed by atoms with Gasteiger partial charge >= 0.3 is 5.97 Å². The van der Waals surface area contributed by atoms with Crippen LogP contribution in [-0.2, 0) is 14.3 Å². The lowest BCUT2D eigenvalue weighted by molar-refractivity contribution is -0.139. The summed E-state index contributed by atoms with van der Waals surface area (Å²) in [5.74, 6) is -0.808. The first-order valence-corrected chi connectivity index (χ1v) is 5.20. The summed E-state index contributed by atoms with van der Waals surface area (Å²) in [6.45, 7) is 8.80. The van der Waals surface area contributed by atoms with Crippen molar-refractivity contribution in [2.45, 2.75) is 27.7 Å². The fourth-order valence-corrected chi connectivity index (χ4v) is 1.08. The second-order valence-corrected chi connectivity index (χ2v) is 3.04. The number of rotatable bonds is 6. The Morgan fingerprint density at radius 3 is 2.07 bits per heavy atom. The first-order chi connectivity index (χ1) is 7.06. The lowest BCUT2D eigenvalue weighted by atomic mass is 10.2. The topological polar surface area (TPSA) is 46.6 Å². The van der Waals surface area contributed by atoms with Crippen LogP contribution in [0.2, 0.25) is 0 Å². The number of hydrogen-bond acceptors (Lipinski definition) is 4. The summed E-state index contributed by atoms with van der Waals surface area (Å²) in [4.78, 5) is 24.5. The smallest absolute Gasteiger partial charge is 0.343 e. The highest BCUT2D eigenvalue weighted by atomic mass is 16.5. The fourth-order valence-electron chi connectivity index (χ4n) is 1.08. The molecule has 0 aliphatic heterocycles. The molecule has 0 spiro atoms. The van der Waals surface area contributed by atoms with Gasteiger partial charge in [0, 0.05) is 19.3 Å². The van der Waals surface area contributed by atoms with Crippen LogP contribution < -0.4 is 0 Å². The minimum atomic E-state index is -0.545. The molecular weight excluding hydrogens is 194 g/mol. The normalized spacial score (nSPS) is 11.1. The summed E-state index contributed by atoms with van der Waals surface area (Å²) in [7, 11) is 0. The molecule has 0 bridgehead atoms. The van der Waals surface area contributed by atoms with E-state index in [1.807, 2.05) is 18.7 Å². The Hall–Kier alpha value is -1.32. The van der Waals surface area contributed by atoms with Gasteiger partial charge in [-0.2, -0.15) is 0 Å². The van der Waals surface area contributed by atoms with Gasteiger partial charge in [-0.25, -0.2) is 4.79 Å². The zero-order chi connectivity index (χ0) is 11.8. The predicted molar refractivity (Wildman–Crippen MR) is 58.3 cm³/mol. The molecule has 0 aliphatic carbocycles. The number of nitrogens with zero attached hydrogens (tertiary/aromatic N) is 1. The maximum absolute atomic E-state index is 11.4. The molecule has 4 heteroatoms. The van der Waals surface area contributed by atoms with Gasteiger partial charge in [-0.3, -0.25) is 4.79 Å². The van der Waals surface area contributed by atoms with Crippen LogP contribution >= 0.6 is 0 Å². The molecule has 0 amide bonds. The van der Waals surface area contributed by atoms with Crippen LogP contribution in [0.3, 0.4) is 0 Å². The number of carbonyl (C=O) groups is 2. The number of carbonyl (C=O) groups excluding carboxylic acids is 2. The van der Waals surface area contributed by atoms with Crippen molar-refractivity contribution in [1.82, 2.24) is 4.90 Å². The van der Waals surface area contributed by atoms with Crippen molar-refractivity contribution in [2.75, 3.05) is 19.7 Å². The lowest BCUT2D eigenvalue weighted by Crippen LogP contribution is -2.21. The number of ether oxygens (including phenoxy) is 1. The van der Waals surface area contributed by atoms with Crippen LogP contribution in [-0.4, -0.2) is 36.3 Å². The van der Waals surface area contributed by atoms with Crippen LogP contribution in [0.1, 0.15) is 27.7 Å². The van der Waals surface area contributed by atoms with Gasteiger partial charge < -0.3 is 9.64 Å². The highest BCUT2D eigenvalue weighted by Gasteiger charge is 2.16. The average Bonchev–Trinajstić information content (AvgIpc) is 2.19. The maximum atomic E-state index is 11.4. The van der Waals surface area contributed by atoms with Gasteiger partial charge in [-0.15, -0.1) is 0 Å². The Labute approximate surface area is 90.9 Å². The molecule has 0 heterocycles. The van der Waals surface area contributed by atoms with Gasteiger partial charge in [0.25, 0.3) is 0 Å². The first-order valence-electron chi connectivity index (χ1n) is 5.20. The minimum absolute atomic E-state index is 0.112. The maximum Gasteiger partial charge on any atom is 0.343 e. The van der Waals surface area contributed by atoms with Gasteiger partial charge in [0.15, 0.2) is 5.78 Å². The van der Waals surface area contributed by atoms with Gasteiger partial charge in [0.05, 0.1) is 6.61 Å². The van der Waals surface area contributed by atoms with Crippen LogP contribution in [0.25, 0.3) is 0 Å². The molecule has 0 N–H and O–H groups in total. The summed E-state index contributed by atoms with van der Waals surface area (Å²) in [5.41, 5.74) is 0.112. The van der Waals surface area contributed by atoms with Crippen LogP contribution in [0.4, 0.5) is 0 Å². The van der Waals surface area contributed by atoms with Crippen molar-refractivity contribution in [3.8, 4) is 0 Å².